The number of rotatable bonds is 5. The highest BCUT2D eigenvalue weighted by molar-refractivity contribution is 7.99. The van der Waals surface area contributed by atoms with Crippen LogP contribution in [-0.2, 0) is 6.42 Å². The maximum atomic E-state index is 13.2. The molecule has 0 saturated carbocycles. The lowest BCUT2D eigenvalue weighted by Crippen LogP contribution is -2.00. The number of benzene rings is 1. The van der Waals surface area contributed by atoms with Gasteiger partial charge in [-0.15, -0.1) is 23.1 Å². The maximum absolute atomic E-state index is 13.2. The van der Waals surface area contributed by atoms with Crippen molar-refractivity contribution in [3.05, 3.63) is 52.0 Å². The molecular formula is C13H11FO2S2. The second-order valence-corrected chi connectivity index (χ2v) is 5.83. The molecule has 0 aliphatic carbocycles. The molecule has 0 aliphatic rings. The van der Waals surface area contributed by atoms with Crippen LogP contribution in [0.1, 0.15) is 15.2 Å². The highest BCUT2D eigenvalue weighted by Gasteiger charge is 2.10. The molecule has 0 atom stereocenters. The predicted molar refractivity (Wildman–Crippen MR) is 72.1 cm³/mol. The topological polar surface area (TPSA) is 37.3 Å². The van der Waals surface area contributed by atoms with Gasteiger partial charge in [0.25, 0.3) is 0 Å². The fourth-order valence-electron chi connectivity index (χ4n) is 1.48. The molecule has 0 unspecified atom stereocenters. The predicted octanol–water partition coefficient (Wildman–Crippen LogP) is 3.92. The normalized spacial score (nSPS) is 10.5. The Kier molecular flexibility index (Phi) is 4.38. The number of aryl methyl sites for hydroxylation is 1. The Hall–Kier alpha value is -1.33. The summed E-state index contributed by atoms with van der Waals surface area (Å²) in [6, 6.07) is 8.28. The molecule has 0 aliphatic heterocycles. The van der Waals surface area contributed by atoms with Gasteiger partial charge in [-0.1, -0.05) is 6.07 Å². The van der Waals surface area contributed by atoms with Crippen molar-refractivity contribution in [3.63, 3.8) is 0 Å². The van der Waals surface area contributed by atoms with Crippen molar-refractivity contribution in [1.29, 1.82) is 0 Å². The van der Waals surface area contributed by atoms with Crippen LogP contribution in [0, 0.1) is 5.82 Å². The lowest BCUT2D eigenvalue weighted by Gasteiger charge is -2.03. The van der Waals surface area contributed by atoms with Crippen molar-refractivity contribution in [2.75, 3.05) is 5.75 Å². The quantitative estimate of drug-likeness (QED) is 0.845. The number of hydrogen-bond acceptors (Lipinski definition) is 3. The van der Waals surface area contributed by atoms with E-state index in [1.54, 1.807) is 17.4 Å². The summed E-state index contributed by atoms with van der Waals surface area (Å²) in [4.78, 5) is 12.9. The number of thiophene rings is 1. The van der Waals surface area contributed by atoms with Gasteiger partial charge >= 0.3 is 5.97 Å². The van der Waals surface area contributed by atoms with E-state index in [-0.39, 0.29) is 5.56 Å². The van der Waals surface area contributed by atoms with Crippen molar-refractivity contribution >= 4 is 29.1 Å². The molecule has 2 nitrogen and oxygen atoms in total. The van der Waals surface area contributed by atoms with E-state index in [4.69, 9.17) is 5.11 Å². The first-order valence-electron chi connectivity index (χ1n) is 5.35. The maximum Gasteiger partial charge on any atom is 0.338 e. The lowest BCUT2D eigenvalue weighted by molar-refractivity contribution is 0.0691. The number of carboxylic acid groups (broad SMARTS) is 1. The molecule has 2 rings (SSSR count). The molecule has 0 bridgehead atoms. The minimum Gasteiger partial charge on any atom is -0.478 e. The third kappa shape index (κ3) is 3.34. The van der Waals surface area contributed by atoms with Gasteiger partial charge in [-0.05, 0) is 36.1 Å². The first-order chi connectivity index (χ1) is 8.66. The number of hydrogen-bond donors (Lipinski definition) is 1. The number of carbonyl (C=O) groups is 1. The molecule has 1 N–H and O–H groups in total. The van der Waals surface area contributed by atoms with Crippen LogP contribution in [0.4, 0.5) is 4.39 Å². The number of thioether (sulfide) groups is 1. The Morgan fingerprint density at radius 1 is 1.39 bits per heavy atom. The van der Waals surface area contributed by atoms with E-state index in [1.165, 1.54) is 28.8 Å². The Morgan fingerprint density at radius 3 is 2.89 bits per heavy atom. The van der Waals surface area contributed by atoms with Gasteiger partial charge in [0, 0.05) is 15.5 Å². The monoisotopic (exact) mass is 282 g/mol. The summed E-state index contributed by atoms with van der Waals surface area (Å²) in [7, 11) is 0. The number of halogens is 1. The van der Waals surface area contributed by atoms with E-state index in [2.05, 4.69) is 6.07 Å². The van der Waals surface area contributed by atoms with Gasteiger partial charge in [0.1, 0.15) is 5.82 Å². The zero-order valence-corrected chi connectivity index (χ0v) is 11.1. The van der Waals surface area contributed by atoms with Crippen molar-refractivity contribution in [2.45, 2.75) is 11.3 Å². The van der Waals surface area contributed by atoms with Gasteiger partial charge in [-0.25, -0.2) is 9.18 Å². The second kappa shape index (κ2) is 6.02. The number of carboxylic acids is 1. The van der Waals surface area contributed by atoms with E-state index < -0.39 is 11.8 Å². The lowest BCUT2D eigenvalue weighted by atomic mass is 10.2. The Balaban J connectivity index is 1.97. The molecule has 0 radical (unpaired) electrons. The van der Waals surface area contributed by atoms with Gasteiger partial charge < -0.3 is 5.11 Å². The molecular weight excluding hydrogens is 271 g/mol. The van der Waals surface area contributed by atoms with E-state index in [9.17, 15) is 9.18 Å². The molecule has 94 valence electrons. The summed E-state index contributed by atoms with van der Waals surface area (Å²) in [5.74, 6) is -1.07. The highest BCUT2D eigenvalue weighted by Crippen LogP contribution is 2.23. The van der Waals surface area contributed by atoms with Crippen molar-refractivity contribution in [3.8, 4) is 0 Å². The van der Waals surface area contributed by atoms with E-state index in [0.29, 0.717) is 0 Å². The van der Waals surface area contributed by atoms with Crippen molar-refractivity contribution < 1.29 is 14.3 Å². The third-order valence-electron chi connectivity index (χ3n) is 2.37. The van der Waals surface area contributed by atoms with Crippen LogP contribution in [0.15, 0.2) is 40.6 Å². The van der Waals surface area contributed by atoms with Crippen LogP contribution in [0.3, 0.4) is 0 Å². The second-order valence-electron chi connectivity index (χ2n) is 3.62. The summed E-state index contributed by atoms with van der Waals surface area (Å²) in [6.07, 6.45) is 0.933. The van der Waals surface area contributed by atoms with E-state index >= 15 is 0 Å². The van der Waals surface area contributed by atoms with Gasteiger partial charge in [-0.2, -0.15) is 0 Å². The molecule has 0 saturated heterocycles. The minimum atomic E-state index is -1.23. The smallest absolute Gasteiger partial charge is 0.338 e. The summed E-state index contributed by atoms with van der Waals surface area (Å²) >= 11 is 3.24. The average molecular weight is 282 g/mol. The van der Waals surface area contributed by atoms with E-state index in [1.807, 2.05) is 11.4 Å². The van der Waals surface area contributed by atoms with Gasteiger partial charge in [0.05, 0.1) is 5.56 Å². The first-order valence-corrected chi connectivity index (χ1v) is 7.21. The van der Waals surface area contributed by atoms with Gasteiger partial charge in [-0.3, -0.25) is 0 Å². The summed E-state index contributed by atoms with van der Waals surface area (Å²) < 4.78 is 13.2. The average Bonchev–Trinajstić information content (AvgIpc) is 2.84. The summed E-state index contributed by atoms with van der Waals surface area (Å²) in [5, 5.41) is 10.8. The van der Waals surface area contributed by atoms with Crippen molar-refractivity contribution in [2.24, 2.45) is 0 Å². The molecule has 0 spiro atoms. The SMILES string of the molecule is O=C(O)c1cc(SCCc2cccs2)ccc1F. The molecule has 0 amide bonds. The Bertz CT molecular complexity index is 538. The molecule has 0 fully saturated rings. The van der Waals surface area contributed by atoms with Crippen LogP contribution in [0.5, 0.6) is 0 Å². The highest BCUT2D eigenvalue weighted by atomic mass is 32.2. The largest absolute Gasteiger partial charge is 0.478 e. The molecule has 18 heavy (non-hydrogen) atoms. The van der Waals surface area contributed by atoms with Crippen LogP contribution in [0.25, 0.3) is 0 Å². The molecule has 2 aromatic rings. The van der Waals surface area contributed by atoms with Crippen molar-refractivity contribution in [1.82, 2.24) is 0 Å². The molecule has 1 aromatic carbocycles. The van der Waals surface area contributed by atoms with Gasteiger partial charge in [0.2, 0.25) is 0 Å². The van der Waals surface area contributed by atoms with Crippen LogP contribution in [-0.4, -0.2) is 16.8 Å². The number of aromatic carboxylic acids is 1. The standard InChI is InChI=1S/C13H11FO2S2/c14-12-4-3-10(8-11(12)13(15)16)18-7-5-9-2-1-6-17-9/h1-4,6,8H,5,7H2,(H,15,16). The zero-order valence-electron chi connectivity index (χ0n) is 9.43. The van der Waals surface area contributed by atoms with Crippen LogP contribution in [0.2, 0.25) is 0 Å². The Morgan fingerprint density at radius 2 is 2.22 bits per heavy atom. The molecule has 5 heteroatoms. The first kappa shape index (κ1) is 13.1. The zero-order chi connectivity index (χ0) is 13.0. The van der Waals surface area contributed by atoms with Crippen LogP contribution < -0.4 is 0 Å². The summed E-state index contributed by atoms with van der Waals surface area (Å²) in [5.41, 5.74) is -0.267. The van der Waals surface area contributed by atoms with Crippen LogP contribution >= 0.6 is 23.1 Å². The third-order valence-corrected chi connectivity index (χ3v) is 4.30. The summed E-state index contributed by atoms with van der Waals surface area (Å²) in [6.45, 7) is 0. The van der Waals surface area contributed by atoms with Gasteiger partial charge in [0.15, 0.2) is 0 Å². The molecule has 1 heterocycles. The fraction of sp³-hybridized carbons (Fsp3) is 0.154. The minimum absolute atomic E-state index is 0.267. The Labute approximate surface area is 112 Å². The van der Waals surface area contributed by atoms with E-state index in [0.717, 1.165) is 17.1 Å². The molecule has 1 aromatic heterocycles. The fourth-order valence-corrected chi connectivity index (χ4v) is 3.24.